The van der Waals surface area contributed by atoms with E-state index < -0.39 is 5.91 Å². The second-order valence-corrected chi connectivity index (χ2v) is 5.41. The van der Waals surface area contributed by atoms with Crippen molar-refractivity contribution in [1.29, 1.82) is 0 Å². The van der Waals surface area contributed by atoms with Gasteiger partial charge in [0.15, 0.2) is 0 Å². The van der Waals surface area contributed by atoms with Crippen molar-refractivity contribution < 1.29 is 9.59 Å². The predicted molar refractivity (Wildman–Crippen MR) is 78.8 cm³/mol. The number of nitrogens with one attached hydrogen (secondary N) is 2. The molecule has 4 N–H and O–H groups in total. The van der Waals surface area contributed by atoms with Gasteiger partial charge >= 0.3 is 0 Å². The third kappa shape index (κ3) is 3.95. The Kier molecular flexibility index (Phi) is 4.98. The Morgan fingerprint density at radius 3 is 2.90 bits per heavy atom. The van der Waals surface area contributed by atoms with Crippen LogP contribution < -0.4 is 16.4 Å². The fraction of sp³-hybridized carbons (Fsp3) is 0.429. The zero-order chi connectivity index (χ0) is 14.5. The van der Waals surface area contributed by atoms with Crippen molar-refractivity contribution in [3.63, 3.8) is 0 Å². The normalized spacial score (nSPS) is 17.9. The van der Waals surface area contributed by atoms with E-state index in [9.17, 15) is 9.59 Å². The summed E-state index contributed by atoms with van der Waals surface area (Å²) in [5, 5.41) is 6.32. The molecule has 1 atom stereocenters. The van der Waals surface area contributed by atoms with Gasteiger partial charge in [-0.3, -0.25) is 9.59 Å². The highest BCUT2D eigenvalue weighted by atomic mass is 35.5. The standard InChI is InChI=1S/C14H18ClN3O2/c15-12-3-2-10(7-11(12)14(16)20)18-13(19)4-1-9-5-6-17-8-9/h2-3,7,9,17H,1,4-6,8H2,(H2,16,20)(H,18,19). The van der Waals surface area contributed by atoms with Crippen molar-refractivity contribution in [1.82, 2.24) is 5.32 Å². The highest BCUT2D eigenvalue weighted by Crippen LogP contribution is 2.21. The summed E-state index contributed by atoms with van der Waals surface area (Å²) in [4.78, 5) is 23.0. The van der Waals surface area contributed by atoms with Crippen LogP contribution in [0, 0.1) is 5.92 Å². The Labute approximate surface area is 122 Å². The van der Waals surface area contributed by atoms with Gasteiger partial charge in [-0.1, -0.05) is 11.6 Å². The zero-order valence-corrected chi connectivity index (χ0v) is 11.9. The van der Waals surface area contributed by atoms with Crippen LogP contribution in [0.2, 0.25) is 5.02 Å². The topological polar surface area (TPSA) is 84.2 Å². The average molecular weight is 296 g/mol. The van der Waals surface area contributed by atoms with Crippen LogP contribution in [0.25, 0.3) is 0 Å². The molecular weight excluding hydrogens is 278 g/mol. The van der Waals surface area contributed by atoms with Crippen molar-refractivity contribution >= 4 is 29.1 Å². The van der Waals surface area contributed by atoms with Crippen molar-refractivity contribution in [2.24, 2.45) is 11.7 Å². The maximum atomic E-state index is 11.9. The molecule has 0 spiro atoms. The number of carbonyl (C=O) groups is 2. The quantitative estimate of drug-likeness (QED) is 0.774. The molecule has 6 heteroatoms. The molecule has 1 saturated heterocycles. The minimum absolute atomic E-state index is 0.0605. The molecular formula is C14H18ClN3O2. The number of anilines is 1. The van der Waals surface area contributed by atoms with Crippen LogP contribution in [0.5, 0.6) is 0 Å². The van der Waals surface area contributed by atoms with Crippen LogP contribution in [-0.4, -0.2) is 24.9 Å². The average Bonchev–Trinajstić information content (AvgIpc) is 2.91. The van der Waals surface area contributed by atoms with Crippen LogP contribution in [-0.2, 0) is 4.79 Å². The molecule has 0 saturated carbocycles. The first-order valence-corrected chi connectivity index (χ1v) is 7.04. The van der Waals surface area contributed by atoms with E-state index in [2.05, 4.69) is 10.6 Å². The Bertz CT molecular complexity index is 513. The van der Waals surface area contributed by atoms with E-state index >= 15 is 0 Å². The third-order valence-corrected chi connectivity index (χ3v) is 3.79. The number of rotatable bonds is 5. The summed E-state index contributed by atoms with van der Waals surface area (Å²) < 4.78 is 0. The minimum atomic E-state index is -0.608. The second kappa shape index (κ2) is 6.72. The molecule has 1 aliphatic rings. The van der Waals surface area contributed by atoms with Gasteiger partial charge in [-0.15, -0.1) is 0 Å². The molecule has 1 fully saturated rings. The summed E-state index contributed by atoms with van der Waals surface area (Å²) in [6, 6.07) is 4.71. The number of primary amides is 1. The number of hydrogen-bond acceptors (Lipinski definition) is 3. The smallest absolute Gasteiger partial charge is 0.250 e. The molecule has 2 amide bonds. The summed E-state index contributed by atoms with van der Waals surface area (Å²) in [5.74, 6) is -0.0927. The van der Waals surface area contributed by atoms with Gasteiger partial charge in [-0.25, -0.2) is 0 Å². The van der Waals surface area contributed by atoms with E-state index in [0.29, 0.717) is 18.0 Å². The first kappa shape index (κ1) is 14.8. The summed E-state index contributed by atoms with van der Waals surface area (Å²) in [5.41, 5.74) is 5.96. The molecule has 20 heavy (non-hydrogen) atoms. The SMILES string of the molecule is NC(=O)c1cc(NC(=O)CCC2CCNC2)ccc1Cl. The van der Waals surface area contributed by atoms with E-state index in [1.54, 1.807) is 12.1 Å². The lowest BCUT2D eigenvalue weighted by Gasteiger charge is -2.09. The fourth-order valence-electron chi connectivity index (χ4n) is 2.31. The van der Waals surface area contributed by atoms with Crippen LogP contribution in [0.15, 0.2) is 18.2 Å². The molecule has 108 valence electrons. The van der Waals surface area contributed by atoms with Crippen LogP contribution >= 0.6 is 11.6 Å². The maximum absolute atomic E-state index is 11.9. The van der Waals surface area contributed by atoms with Crippen molar-refractivity contribution in [3.8, 4) is 0 Å². The van der Waals surface area contributed by atoms with Gasteiger partial charge in [0.2, 0.25) is 11.8 Å². The number of amides is 2. The van der Waals surface area contributed by atoms with E-state index in [1.165, 1.54) is 6.07 Å². The molecule has 2 rings (SSSR count). The highest BCUT2D eigenvalue weighted by Gasteiger charge is 2.16. The zero-order valence-electron chi connectivity index (χ0n) is 11.1. The molecule has 1 aromatic carbocycles. The van der Waals surface area contributed by atoms with Gasteiger partial charge in [0, 0.05) is 12.1 Å². The molecule has 5 nitrogen and oxygen atoms in total. The third-order valence-electron chi connectivity index (χ3n) is 3.46. The summed E-state index contributed by atoms with van der Waals surface area (Å²) in [6.45, 7) is 2.02. The highest BCUT2D eigenvalue weighted by molar-refractivity contribution is 6.33. The fourth-order valence-corrected chi connectivity index (χ4v) is 2.52. The Balaban J connectivity index is 1.90. The number of halogens is 1. The lowest BCUT2D eigenvalue weighted by Crippen LogP contribution is -2.16. The van der Waals surface area contributed by atoms with Gasteiger partial charge in [0.1, 0.15) is 0 Å². The Morgan fingerprint density at radius 2 is 2.25 bits per heavy atom. The van der Waals surface area contributed by atoms with E-state index in [0.717, 1.165) is 25.9 Å². The summed E-state index contributed by atoms with van der Waals surface area (Å²) in [7, 11) is 0. The molecule has 0 aliphatic carbocycles. The Morgan fingerprint density at radius 1 is 1.45 bits per heavy atom. The first-order valence-electron chi connectivity index (χ1n) is 6.66. The monoisotopic (exact) mass is 295 g/mol. The van der Waals surface area contributed by atoms with Gasteiger partial charge in [-0.2, -0.15) is 0 Å². The van der Waals surface area contributed by atoms with E-state index in [1.807, 2.05) is 0 Å². The molecule has 1 heterocycles. The van der Waals surface area contributed by atoms with Gasteiger partial charge in [0.05, 0.1) is 10.6 Å². The van der Waals surface area contributed by atoms with E-state index in [-0.39, 0.29) is 16.5 Å². The lowest BCUT2D eigenvalue weighted by molar-refractivity contribution is -0.116. The van der Waals surface area contributed by atoms with E-state index in [4.69, 9.17) is 17.3 Å². The van der Waals surface area contributed by atoms with Crippen molar-refractivity contribution in [2.45, 2.75) is 19.3 Å². The minimum Gasteiger partial charge on any atom is -0.366 e. The maximum Gasteiger partial charge on any atom is 0.250 e. The van der Waals surface area contributed by atoms with Crippen molar-refractivity contribution in [2.75, 3.05) is 18.4 Å². The molecule has 0 bridgehead atoms. The predicted octanol–water partition coefficient (Wildman–Crippen LogP) is 1.77. The Hall–Kier alpha value is -1.59. The summed E-state index contributed by atoms with van der Waals surface area (Å²) in [6.07, 6.45) is 2.47. The number of benzene rings is 1. The number of carbonyl (C=O) groups excluding carboxylic acids is 2. The van der Waals surface area contributed by atoms with Gasteiger partial charge < -0.3 is 16.4 Å². The van der Waals surface area contributed by atoms with Crippen LogP contribution in [0.4, 0.5) is 5.69 Å². The van der Waals surface area contributed by atoms with Crippen LogP contribution in [0.3, 0.4) is 0 Å². The van der Waals surface area contributed by atoms with Gasteiger partial charge in [0.25, 0.3) is 0 Å². The van der Waals surface area contributed by atoms with Crippen molar-refractivity contribution in [3.05, 3.63) is 28.8 Å². The number of nitrogens with two attached hydrogens (primary N) is 1. The molecule has 1 aliphatic heterocycles. The number of hydrogen-bond donors (Lipinski definition) is 3. The largest absolute Gasteiger partial charge is 0.366 e. The molecule has 0 radical (unpaired) electrons. The lowest BCUT2D eigenvalue weighted by atomic mass is 10.0. The molecule has 1 aromatic rings. The van der Waals surface area contributed by atoms with Gasteiger partial charge in [-0.05, 0) is 50.0 Å². The van der Waals surface area contributed by atoms with Crippen LogP contribution in [0.1, 0.15) is 29.6 Å². The molecule has 1 unspecified atom stereocenters. The second-order valence-electron chi connectivity index (χ2n) is 5.00. The molecule has 0 aromatic heterocycles. The summed E-state index contributed by atoms with van der Waals surface area (Å²) >= 11 is 5.85. The first-order chi connectivity index (χ1) is 9.56.